The molecule has 0 bridgehead atoms. The van der Waals surface area contributed by atoms with Gasteiger partial charge in [-0.15, -0.1) is 0 Å². The van der Waals surface area contributed by atoms with Crippen molar-refractivity contribution in [1.82, 2.24) is 14.5 Å². The second-order valence-electron chi connectivity index (χ2n) is 7.37. The molecule has 2 aromatic heterocycles. The number of sulfonamides is 1. The maximum absolute atomic E-state index is 13.1. The number of anilines is 1. The third kappa shape index (κ3) is 4.04. The van der Waals surface area contributed by atoms with Crippen molar-refractivity contribution in [3.63, 3.8) is 0 Å². The lowest BCUT2D eigenvalue weighted by Gasteiger charge is -2.13. The number of benzene rings is 1. The van der Waals surface area contributed by atoms with E-state index >= 15 is 0 Å². The summed E-state index contributed by atoms with van der Waals surface area (Å²) in [5.74, 6) is 0.892. The van der Waals surface area contributed by atoms with Crippen LogP contribution in [0, 0.1) is 13.8 Å². The van der Waals surface area contributed by atoms with Gasteiger partial charge in [0.25, 0.3) is 0 Å². The molecule has 0 radical (unpaired) electrons. The van der Waals surface area contributed by atoms with Crippen LogP contribution in [0.25, 0.3) is 11.1 Å². The second kappa shape index (κ2) is 8.24. The van der Waals surface area contributed by atoms with Crippen LogP contribution in [-0.2, 0) is 21.4 Å². The summed E-state index contributed by atoms with van der Waals surface area (Å²) in [6, 6.07) is 8.04. The molecule has 0 saturated carbocycles. The van der Waals surface area contributed by atoms with Crippen molar-refractivity contribution in [1.29, 1.82) is 0 Å². The fourth-order valence-electron chi connectivity index (χ4n) is 3.56. The van der Waals surface area contributed by atoms with Crippen LogP contribution >= 0.6 is 0 Å². The fourth-order valence-corrected chi connectivity index (χ4v) is 4.74. The zero-order valence-electron chi connectivity index (χ0n) is 17.8. The normalized spacial score (nSPS) is 14.1. The average Bonchev–Trinajstić information content (AvgIpc) is 3.29. The number of furan rings is 1. The summed E-state index contributed by atoms with van der Waals surface area (Å²) in [6.45, 7) is 3.42. The minimum absolute atomic E-state index is 0.0314. The number of aromatic nitrogens is 2. The lowest BCUT2D eigenvalue weighted by Crippen LogP contribution is -2.23. The fraction of sp³-hybridized carbons (Fsp3) is 0.286. The average molecular weight is 458 g/mol. The number of nitrogens with one attached hydrogen (secondary N) is 2. The SMILES string of the molecule is COc1ccc(-c2c(C)nn3c2NC(=O)CCC3=O)cc1S(=O)(=O)NCc1ccc(C)o1. The Morgan fingerprint density at radius 1 is 1.19 bits per heavy atom. The Bertz CT molecular complexity index is 1320. The van der Waals surface area contributed by atoms with Gasteiger partial charge in [-0.05, 0) is 43.7 Å². The Kier molecular flexibility index (Phi) is 5.61. The van der Waals surface area contributed by atoms with Gasteiger partial charge in [0.15, 0.2) is 0 Å². The molecule has 3 aromatic rings. The Hall–Kier alpha value is -3.44. The Morgan fingerprint density at radius 3 is 2.66 bits per heavy atom. The maximum atomic E-state index is 13.1. The van der Waals surface area contributed by atoms with Crippen molar-refractivity contribution in [2.24, 2.45) is 0 Å². The number of rotatable bonds is 6. The van der Waals surface area contributed by atoms with E-state index in [1.807, 2.05) is 0 Å². The first-order valence-corrected chi connectivity index (χ1v) is 11.3. The van der Waals surface area contributed by atoms with E-state index in [2.05, 4.69) is 15.1 Å². The largest absolute Gasteiger partial charge is 0.495 e. The first kappa shape index (κ1) is 21.8. The first-order chi connectivity index (χ1) is 15.2. The van der Waals surface area contributed by atoms with Crippen LogP contribution in [0.3, 0.4) is 0 Å². The van der Waals surface area contributed by atoms with Crippen molar-refractivity contribution in [3.05, 3.63) is 47.5 Å². The molecular weight excluding hydrogens is 436 g/mol. The van der Waals surface area contributed by atoms with Gasteiger partial charge in [0, 0.05) is 18.4 Å². The molecule has 11 heteroatoms. The van der Waals surface area contributed by atoms with Gasteiger partial charge in [-0.3, -0.25) is 9.59 Å². The summed E-state index contributed by atoms with van der Waals surface area (Å²) < 4.78 is 40.5. The van der Waals surface area contributed by atoms with Crippen LogP contribution in [0.1, 0.15) is 34.9 Å². The highest BCUT2D eigenvalue weighted by Gasteiger charge is 2.28. The van der Waals surface area contributed by atoms with Gasteiger partial charge in [0.05, 0.1) is 19.3 Å². The van der Waals surface area contributed by atoms with Gasteiger partial charge in [-0.25, -0.2) is 13.1 Å². The highest BCUT2D eigenvalue weighted by atomic mass is 32.2. The van der Waals surface area contributed by atoms with Gasteiger partial charge < -0.3 is 14.5 Å². The molecule has 2 N–H and O–H groups in total. The predicted molar refractivity (Wildman–Crippen MR) is 115 cm³/mol. The number of methoxy groups -OCH3 is 1. The van der Waals surface area contributed by atoms with Crippen LogP contribution in [-0.4, -0.2) is 37.1 Å². The molecule has 1 aliphatic rings. The van der Waals surface area contributed by atoms with Gasteiger partial charge in [0.1, 0.15) is 28.0 Å². The third-order valence-corrected chi connectivity index (χ3v) is 6.52. The minimum atomic E-state index is -3.98. The number of ether oxygens (including phenoxy) is 1. The van der Waals surface area contributed by atoms with Crippen molar-refractivity contribution in [2.45, 2.75) is 38.1 Å². The molecule has 0 saturated heterocycles. The van der Waals surface area contributed by atoms with E-state index < -0.39 is 10.0 Å². The Labute approximate surface area is 184 Å². The summed E-state index contributed by atoms with van der Waals surface area (Å²) in [6.07, 6.45) is 0.0942. The van der Waals surface area contributed by atoms with E-state index in [1.165, 1.54) is 19.2 Å². The zero-order chi connectivity index (χ0) is 23.0. The van der Waals surface area contributed by atoms with E-state index in [0.29, 0.717) is 28.3 Å². The molecule has 3 heterocycles. The standard InChI is InChI=1S/C21H22N4O6S/c1-12-4-6-15(31-12)11-22-32(28,29)17-10-14(5-7-16(17)30-3)20-13(2)24-25-19(27)9-8-18(26)23-21(20)25/h4-7,10,22H,8-9,11H2,1-3H3,(H,23,26). The number of aryl methyl sites for hydroxylation is 2. The van der Waals surface area contributed by atoms with Gasteiger partial charge in [-0.1, -0.05) is 6.07 Å². The van der Waals surface area contributed by atoms with E-state index in [1.54, 1.807) is 32.0 Å². The lowest BCUT2D eigenvalue weighted by molar-refractivity contribution is -0.116. The lowest BCUT2D eigenvalue weighted by atomic mass is 10.1. The molecule has 0 spiro atoms. The maximum Gasteiger partial charge on any atom is 0.249 e. The van der Waals surface area contributed by atoms with Crippen molar-refractivity contribution < 1.29 is 27.2 Å². The van der Waals surface area contributed by atoms with E-state index in [9.17, 15) is 18.0 Å². The molecule has 4 rings (SSSR count). The smallest absolute Gasteiger partial charge is 0.249 e. The molecular formula is C21H22N4O6S. The van der Waals surface area contributed by atoms with E-state index in [-0.39, 0.29) is 47.7 Å². The minimum Gasteiger partial charge on any atom is -0.495 e. The number of hydrogen-bond acceptors (Lipinski definition) is 7. The third-order valence-electron chi connectivity index (χ3n) is 5.09. The number of carbonyl (C=O) groups is 2. The van der Waals surface area contributed by atoms with Crippen molar-refractivity contribution in [3.8, 4) is 16.9 Å². The zero-order valence-corrected chi connectivity index (χ0v) is 18.6. The topological polar surface area (TPSA) is 133 Å². The van der Waals surface area contributed by atoms with Crippen LogP contribution in [0.4, 0.5) is 5.82 Å². The number of carbonyl (C=O) groups excluding carboxylic acids is 2. The summed E-state index contributed by atoms with van der Waals surface area (Å²) in [4.78, 5) is 24.4. The van der Waals surface area contributed by atoms with E-state index in [4.69, 9.17) is 9.15 Å². The summed E-state index contributed by atoms with van der Waals surface area (Å²) in [7, 11) is -2.61. The number of amides is 1. The quantitative estimate of drug-likeness (QED) is 0.580. The molecule has 1 aromatic carbocycles. The van der Waals surface area contributed by atoms with Crippen LogP contribution in [0.2, 0.25) is 0 Å². The molecule has 0 aliphatic carbocycles. The number of hydrogen-bond donors (Lipinski definition) is 2. The van der Waals surface area contributed by atoms with Gasteiger partial charge >= 0.3 is 0 Å². The highest BCUT2D eigenvalue weighted by molar-refractivity contribution is 7.89. The van der Waals surface area contributed by atoms with E-state index in [0.717, 1.165) is 4.68 Å². The molecule has 32 heavy (non-hydrogen) atoms. The number of fused-ring (bicyclic) bond motifs is 1. The Morgan fingerprint density at radius 2 is 1.97 bits per heavy atom. The predicted octanol–water partition coefficient (Wildman–Crippen LogP) is 2.62. The van der Waals surface area contributed by atoms with Crippen LogP contribution < -0.4 is 14.8 Å². The first-order valence-electron chi connectivity index (χ1n) is 9.85. The summed E-state index contributed by atoms with van der Waals surface area (Å²) in [5, 5.41) is 6.97. The second-order valence-corrected chi connectivity index (χ2v) is 9.10. The van der Waals surface area contributed by atoms with Crippen LogP contribution in [0.15, 0.2) is 39.6 Å². The molecule has 10 nitrogen and oxygen atoms in total. The van der Waals surface area contributed by atoms with Gasteiger partial charge in [0.2, 0.25) is 21.8 Å². The molecule has 1 amide bonds. The molecule has 0 fully saturated rings. The number of nitrogens with zero attached hydrogens (tertiary/aromatic N) is 2. The molecule has 1 aliphatic heterocycles. The van der Waals surface area contributed by atoms with Gasteiger partial charge in [-0.2, -0.15) is 9.78 Å². The van der Waals surface area contributed by atoms with Crippen LogP contribution in [0.5, 0.6) is 5.75 Å². The summed E-state index contributed by atoms with van der Waals surface area (Å²) in [5.41, 5.74) is 1.41. The van der Waals surface area contributed by atoms with Crippen molar-refractivity contribution >= 4 is 27.7 Å². The molecule has 0 atom stereocenters. The highest BCUT2D eigenvalue weighted by Crippen LogP contribution is 2.36. The summed E-state index contributed by atoms with van der Waals surface area (Å²) >= 11 is 0. The molecule has 0 unspecified atom stereocenters. The monoisotopic (exact) mass is 458 g/mol. The van der Waals surface area contributed by atoms with Crippen molar-refractivity contribution in [2.75, 3.05) is 12.4 Å². The Balaban J connectivity index is 1.76. The molecule has 168 valence electrons.